The zero-order chi connectivity index (χ0) is 12.3. The van der Waals surface area contributed by atoms with E-state index in [2.05, 4.69) is 11.6 Å². The first-order valence-electron chi connectivity index (χ1n) is 5.12. The molecular formula is C11H17N3OS. The predicted octanol–water partition coefficient (Wildman–Crippen LogP) is 2.07. The van der Waals surface area contributed by atoms with Crippen molar-refractivity contribution in [1.82, 2.24) is 9.88 Å². The number of carbonyl (C=O) groups is 1. The van der Waals surface area contributed by atoms with E-state index in [0.717, 1.165) is 0 Å². The Kier molecular flexibility index (Phi) is 4.06. The molecule has 0 unspecified atom stereocenters. The second-order valence-corrected chi connectivity index (χ2v) is 4.84. The van der Waals surface area contributed by atoms with Crippen LogP contribution in [0, 0.1) is 6.92 Å². The maximum absolute atomic E-state index is 12.2. The highest BCUT2D eigenvalue weighted by Gasteiger charge is 2.21. The Hall–Kier alpha value is -1.36. The van der Waals surface area contributed by atoms with E-state index in [4.69, 9.17) is 5.73 Å². The van der Waals surface area contributed by atoms with Crippen LogP contribution in [-0.4, -0.2) is 28.4 Å². The first-order valence-corrected chi connectivity index (χ1v) is 5.93. The third-order valence-corrected chi connectivity index (χ3v) is 3.19. The molecule has 0 aliphatic rings. The van der Waals surface area contributed by atoms with Gasteiger partial charge in [0.15, 0.2) is 5.13 Å². The summed E-state index contributed by atoms with van der Waals surface area (Å²) < 4.78 is 0. The number of anilines is 1. The van der Waals surface area contributed by atoms with Crippen LogP contribution in [0.25, 0.3) is 0 Å². The lowest BCUT2D eigenvalue weighted by atomic mass is 10.2. The molecule has 1 aromatic heterocycles. The minimum absolute atomic E-state index is 0.0263. The highest BCUT2D eigenvalue weighted by atomic mass is 32.1. The van der Waals surface area contributed by atoms with Crippen molar-refractivity contribution in [2.24, 2.45) is 0 Å². The Morgan fingerprint density at radius 3 is 2.69 bits per heavy atom. The SMILES string of the molecule is C=CCN(C(=O)c1sc(N)nc1C)C(C)C. The van der Waals surface area contributed by atoms with Crippen molar-refractivity contribution in [2.45, 2.75) is 26.8 Å². The number of hydrogen-bond donors (Lipinski definition) is 1. The van der Waals surface area contributed by atoms with Gasteiger partial charge in [-0.25, -0.2) is 4.98 Å². The lowest BCUT2D eigenvalue weighted by Gasteiger charge is -2.24. The van der Waals surface area contributed by atoms with Gasteiger partial charge in [-0.05, 0) is 20.8 Å². The largest absolute Gasteiger partial charge is 0.375 e. The van der Waals surface area contributed by atoms with Gasteiger partial charge < -0.3 is 10.6 Å². The quantitative estimate of drug-likeness (QED) is 0.818. The molecule has 0 aromatic carbocycles. The number of nitrogens with zero attached hydrogens (tertiary/aromatic N) is 2. The van der Waals surface area contributed by atoms with Crippen LogP contribution in [-0.2, 0) is 0 Å². The van der Waals surface area contributed by atoms with Crippen LogP contribution in [0.15, 0.2) is 12.7 Å². The number of rotatable bonds is 4. The standard InChI is InChI=1S/C11H17N3OS/c1-5-6-14(7(2)3)10(15)9-8(4)13-11(12)16-9/h5,7H,1,6H2,2-4H3,(H2,12,13). The summed E-state index contributed by atoms with van der Waals surface area (Å²) in [6, 6.07) is 0.133. The zero-order valence-corrected chi connectivity index (χ0v) is 10.7. The lowest BCUT2D eigenvalue weighted by molar-refractivity contribution is 0.0733. The third-order valence-electron chi connectivity index (χ3n) is 2.22. The molecule has 0 aliphatic heterocycles. The summed E-state index contributed by atoms with van der Waals surface area (Å²) in [4.78, 5) is 18.6. The fraction of sp³-hybridized carbons (Fsp3) is 0.455. The van der Waals surface area contributed by atoms with Crippen molar-refractivity contribution in [3.8, 4) is 0 Å². The zero-order valence-electron chi connectivity index (χ0n) is 9.86. The van der Waals surface area contributed by atoms with Gasteiger partial charge in [-0.3, -0.25) is 4.79 Å². The minimum atomic E-state index is -0.0263. The van der Waals surface area contributed by atoms with Crippen molar-refractivity contribution in [3.63, 3.8) is 0 Å². The average molecular weight is 239 g/mol. The maximum atomic E-state index is 12.2. The molecule has 0 aliphatic carbocycles. The second kappa shape index (κ2) is 5.12. The molecule has 1 rings (SSSR count). The van der Waals surface area contributed by atoms with Gasteiger partial charge in [0, 0.05) is 12.6 Å². The molecule has 16 heavy (non-hydrogen) atoms. The number of thiazole rings is 1. The Morgan fingerprint density at radius 2 is 2.31 bits per heavy atom. The van der Waals surface area contributed by atoms with Crippen LogP contribution in [0.2, 0.25) is 0 Å². The van der Waals surface area contributed by atoms with Crippen LogP contribution in [0.4, 0.5) is 5.13 Å². The van der Waals surface area contributed by atoms with Crippen molar-refractivity contribution < 1.29 is 4.79 Å². The molecule has 0 atom stereocenters. The number of nitrogens with two attached hydrogens (primary N) is 1. The number of amides is 1. The third kappa shape index (κ3) is 2.61. The van der Waals surface area contributed by atoms with Crippen LogP contribution in [0.3, 0.4) is 0 Å². The molecule has 0 saturated carbocycles. The minimum Gasteiger partial charge on any atom is -0.375 e. The van der Waals surface area contributed by atoms with Crippen LogP contribution in [0.1, 0.15) is 29.2 Å². The first kappa shape index (κ1) is 12.7. The summed E-state index contributed by atoms with van der Waals surface area (Å²) in [6.07, 6.45) is 1.72. The normalized spacial score (nSPS) is 10.5. The van der Waals surface area contributed by atoms with Gasteiger partial charge in [-0.1, -0.05) is 17.4 Å². The van der Waals surface area contributed by atoms with E-state index in [0.29, 0.717) is 22.2 Å². The fourth-order valence-corrected chi connectivity index (χ4v) is 2.20. The van der Waals surface area contributed by atoms with E-state index in [1.165, 1.54) is 11.3 Å². The second-order valence-electron chi connectivity index (χ2n) is 3.81. The monoisotopic (exact) mass is 239 g/mol. The molecule has 1 aromatic rings. The molecule has 5 heteroatoms. The van der Waals surface area contributed by atoms with Crippen LogP contribution < -0.4 is 5.73 Å². The van der Waals surface area contributed by atoms with Crippen molar-refractivity contribution in [1.29, 1.82) is 0 Å². The molecular weight excluding hydrogens is 222 g/mol. The molecule has 88 valence electrons. The summed E-state index contributed by atoms with van der Waals surface area (Å²) >= 11 is 1.24. The molecule has 4 nitrogen and oxygen atoms in total. The fourth-order valence-electron chi connectivity index (χ4n) is 1.41. The number of aryl methyl sites for hydroxylation is 1. The molecule has 0 radical (unpaired) electrons. The Labute approximate surface area is 99.8 Å². The Balaban J connectivity index is 2.98. The van der Waals surface area contributed by atoms with E-state index >= 15 is 0 Å². The predicted molar refractivity (Wildman–Crippen MR) is 67.6 cm³/mol. The smallest absolute Gasteiger partial charge is 0.266 e. The molecule has 0 spiro atoms. The number of carbonyl (C=O) groups excluding carboxylic acids is 1. The average Bonchev–Trinajstić information content (AvgIpc) is 2.53. The molecule has 2 N–H and O–H groups in total. The Morgan fingerprint density at radius 1 is 1.69 bits per heavy atom. The summed E-state index contributed by atoms with van der Waals surface area (Å²) in [5.41, 5.74) is 6.28. The molecule has 0 fully saturated rings. The highest BCUT2D eigenvalue weighted by molar-refractivity contribution is 7.17. The van der Waals surface area contributed by atoms with Gasteiger partial charge in [0.25, 0.3) is 5.91 Å². The lowest BCUT2D eigenvalue weighted by Crippen LogP contribution is -2.36. The number of aromatic nitrogens is 1. The van der Waals surface area contributed by atoms with Crippen molar-refractivity contribution in [2.75, 3.05) is 12.3 Å². The maximum Gasteiger partial charge on any atom is 0.266 e. The highest BCUT2D eigenvalue weighted by Crippen LogP contribution is 2.22. The Bertz CT molecular complexity index is 398. The summed E-state index contributed by atoms with van der Waals surface area (Å²) in [5.74, 6) is -0.0263. The van der Waals surface area contributed by atoms with Gasteiger partial charge in [-0.15, -0.1) is 6.58 Å². The molecule has 0 bridgehead atoms. The van der Waals surface area contributed by atoms with E-state index in [1.807, 2.05) is 13.8 Å². The topological polar surface area (TPSA) is 59.2 Å². The van der Waals surface area contributed by atoms with Gasteiger partial charge in [-0.2, -0.15) is 0 Å². The van der Waals surface area contributed by atoms with E-state index in [9.17, 15) is 4.79 Å². The van der Waals surface area contributed by atoms with Gasteiger partial charge in [0.2, 0.25) is 0 Å². The summed E-state index contributed by atoms with van der Waals surface area (Å²) in [7, 11) is 0. The van der Waals surface area contributed by atoms with E-state index in [-0.39, 0.29) is 11.9 Å². The summed E-state index contributed by atoms with van der Waals surface area (Å²) in [5, 5.41) is 0.433. The van der Waals surface area contributed by atoms with Gasteiger partial charge in [0.1, 0.15) is 4.88 Å². The molecule has 1 amide bonds. The van der Waals surface area contributed by atoms with Crippen LogP contribution in [0.5, 0.6) is 0 Å². The molecule has 0 saturated heterocycles. The van der Waals surface area contributed by atoms with Crippen LogP contribution >= 0.6 is 11.3 Å². The number of nitrogen functional groups attached to an aromatic ring is 1. The summed E-state index contributed by atoms with van der Waals surface area (Å²) in [6.45, 7) is 9.94. The van der Waals surface area contributed by atoms with Gasteiger partial charge >= 0.3 is 0 Å². The van der Waals surface area contributed by atoms with E-state index in [1.54, 1.807) is 17.9 Å². The van der Waals surface area contributed by atoms with E-state index < -0.39 is 0 Å². The van der Waals surface area contributed by atoms with Gasteiger partial charge in [0.05, 0.1) is 5.69 Å². The number of hydrogen-bond acceptors (Lipinski definition) is 4. The van der Waals surface area contributed by atoms with Crippen molar-refractivity contribution >= 4 is 22.4 Å². The van der Waals surface area contributed by atoms with Crippen molar-refractivity contribution in [3.05, 3.63) is 23.2 Å². The first-order chi connectivity index (χ1) is 7.47. The molecule has 1 heterocycles.